The average molecular weight is 287 g/mol. The molecule has 6 heteroatoms. The monoisotopic (exact) mass is 287 g/mol. The highest BCUT2D eigenvalue weighted by atomic mass is 16.4. The summed E-state index contributed by atoms with van der Waals surface area (Å²) in [5, 5.41) is 17.2. The largest absolute Gasteiger partial charge is 0.478 e. The first-order valence-corrected chi connectivity index (χ1v) is 7.05. The van der Waals surface area contributed by atoms with Crippen molar-refractivity contribution in [3.05, 3.63) is 46.7 Å². The number of carbonyl (C=O) groups is 1. The van der Waals surface area contributed by atoms with Gasteiger partial charge in [0.25, 0.3) is 0 Å². The summed E-state index contributed by atoms with van der Waals surface area (Å²) in [6.07, 6.45) is 1.46. The number of carboxylic acids is 1. The highest BCUT2D eigenvalue weighted by Gasteiger charge is 2.22. The lowest BCUT2D eigenvalue weighted by molar-refractivity contribution is 0.0694. The van der Waals surface area contributed by atoms with Crippen molar-refractivity contribution in [2.45, 2.75) is 32.9 Å². The van der Waals surface area contributed by atoms with Crippen molar-refractivity contribution >= 4 is 5.97 Å². The molecular formula is C15H17N3O3. The molecule has 0 atom stereocenters. The van der Waals surface area contributed by atoms with Crippen LogP contribution in [0.2, 0.25) is 0 Å². The Hall–Kier alpha value is -2.21. The van der Waals surface area contributed by atoms with Crippen LogP contribution in [0.25, 0.3) is 0 Å². The Bertz CT molecular complexity index is 666. The first kappa shape index (κ1) is 13.8. The van der Waals surface area contributed by atoms with E-state index in [-0.39, 0.29) is 0 Å². The molecule has 0 aliphatic carbocycles. The van der Waals surface area contributed by atoms with E-state index in [1.54, 1.807) is 12.1 Å². The van der Waals surface area contributed by atoms with E-state index in [2.05, 4.69) is 15.1 Å². The molecule has 2 aromatic rings. The van der Waals surface area contributed by atoms with Crippen LogP contribution < -0.4 is 0 Å². The van der Waals surface area contributed by atoms with E-state index < -0.39 is 5.97 Å². The van der Waals surface area contributed by atoms with Gasteiger partial charge >= 0.3 is 5.97 Å². The highest BCUT2D eigenvalue weighted by molar-refractivity contribution is 5.89. The molecule has 0 saturated heterocycles. The molecule has 0 amide bonds. The molecule has 1 N–H and O–H groups in total. The maximum atomic E-state index is 11.2. The van der Waals surface area contributed by atoms with Crippen LogP contribution in [0.5, 0.6) is 0 Å². The molecule has 3 rings (SSSR count). The summed E-state index contributed by atoms with van der Waals surface area (Å²) in [4.78, 5) is 13.4. The molecule has 0 fully saturated rings. The zero-order chi connectivity index (χ0) is 14.8. The van der Waals surface area contributed by atoms with Gasteiger partial charge in [-0.05, 0) is 23.6 Å². The molecule has 0 bridgehead atoms. The molecule has 21 heavy (non-hydrogen) atoms. The van der Waals surface area contributed by atoms with Gasteiger partial charge in [0.05, 0.1) is 12.1 Å². The first-order valence-electron chi connectivity index (χ1n) is 7.05. The van der Waals surface area contributed by atoms with Gasteiger partial charge in [0.2, 0.25) is 11.8 Å². The smallest absolute Gasteiger partial charge is 0.335 e. The zero-order valence-electron chi connectivity index (χ0n) is 11.9. The molecule has 1 aliphatic rings. The molecule has 0 unspecified atom stereocenters. The number of fused-ring (bicyclic) bond motifs is 1. The quantitative estimate of drug-likeness (QED) is 0.925. The minimum absolute atomic E-state index is 0.415. The van der Waals surface area contributed by atoms with E-state index in [9.17, 15) is 9.90 Å². The lowest BCUT2D eigenvalue weighted by Crippen LogP contribution is -2.31. The fourth-order valence-corrected chi connectivity index (χ4v) is 2.69. The Morgan fingerprint density at radius 3 is 2.90 bits per heavy atom. The lowest BCUT2D eigenvalue weighted by atomic mass is 9.94. The molecule has 1 aliphatic heterocycles. The van der Waals surface area contributed by atoms with Crippen molar-refractivity contribution < 1.29 is 14.3 Å². The third kappa shape index (κ3) is 2.80. The second-order valence-electron chi connectivity index (χ2n) is 5.15. The Labute approximate surface area is 122 Å². The lowest BCUT2D eigenvalue weighted by Gasteiger charge is -2.28. The summed E-state index contributed by atoms with van der Waals surface area (Å²) in [7, 11) is 0. The third-order valence-electron chi connectivity index (χ3n) is 3.75. The summed E-state index contributed by atoms with van der Waals surface area (Å²) in [5.74, 6) is 0.407. The fraction of sp³-hybridized carbons (Fsp3) is 0.400. The Morgan fingerprint density at radius 2 is 2.19 bits per heavy atom. The van der Waals surface area contributed by atoms with Gasteiger partial charge in [0.1, 0.15) is 0 Å². The Balaban J connectivity index is 1.75. The number of rotatable bonds is 4. The molecule has 2 heterocycles. The van der Waals surface area contributed by atoms with Crippen molar-refractivity contribution in [2.75, 3.05) is 6.54 Å². The predicted molar refractivity (Wildman–Crippen MR) is 74.9 cm³/mol. The van der Waals surface area contributed by atoms with E-state index in [0.717, 1.165) is 30.5 Å². The van der Waals surface area contributed by atoms with Gasteiger partial charge in [0, 0.05) is 19.5 Å². The van der Waals surface area contributed by atoms with E-state index in [1.807, 2.05) is 13.0 Å². The van der Waals surface area contributed by atoms with Crippen LogP contribution in [0, 0.1) is 0 Å². The van der Waals surface area contributed by atoms with Crippen molar-refractivity contribution in [1.29, 1.82) is 0 Å². The minimum atomic E-state index is -0.857. The van der Waals surface area contributed by atoms with Crippen LogP contribution in [0.1, 0.15) is 40.2 Å². The number of nitrogens with zero attached hydrogens (tertiary/aromatic N) is 3. The second-order valence-corrected chi connectivity index (χ2v) is 5.15. The molecule has 1 aromatic carbocycles. The topological polar surface area (TPSA) is 79.5 Å². The van der Waals surface area contributed by atoms with E-state index in [1.165, 1.54) is 0 Å². The van der Waals surface area contributed by atoms with E-state index in [4.69, 9.17) is 4.42 Å². The number of aryl methyl sites for hydroxylation is 1. The van der Waals surface area contributed by atoms with Gasteiger partial charge in [-0.1, -0.05) is 19.1 Å². The third-order valence-corrected chi connectivity index (χ3v) is 3.75. The summed E-state index contributed by atoms with van der Waals surface area (Å²) in [5.41, 5.74) is 2.43. The summed E-state index contributed by atoms with van der Waals surface area (Å²) in [6.45, 7) is 4.08. The van der Waals surface area contributed by atoms with Crippen LogP contribution >= 0.6 is 0 Å². The van der Waals surface area contributed by atoms with Crippen molar-refractivity contribution in [3.8, 4) is 0 Å². The number of hydrogen-bond acceptors (Lipinski definition) is 5. The van der Waals surface area contributed by atoms with Gasteiger partial charge in [0.15, 0.2) is 0 Å². The zero-order valence-corrected chi connectivity index (χ0v) is 11.9. The molecular weight excluding hydrogens is 270 g/mol. The summed E-state index contributed by atoms with van der Waals surface area (Å²) < 4.78 is 5.53. The molecule has 110 valence electrons. The number of benzene rings is 1. The van der Waals surface area contributed by atoms with E-state index >= 15 is 0 Å². The van der Waals surface area contributed by atoms with Gasteiger partial charge in [-0.2, -0.15) is 0 Å². The molecule has 0 radical (unpaired) electrons. The maximum absolute atomic E-state index is 11.2. The summed E-state index contributed by atoms with van der Waals surface area (Å²) >= 11 is 0. The number of aromatic carboxylic acids is 1. The van der Waals surface area contributed by atoms with Crippen LogP contribution in [-0.4, -0.2) is 32.7 Å². The maximum Gasteiger partial charge on any atom is 0.335 e. The van der Waals surface area contributed by atoms with Gasteiger partial charge in [-0.15, -0.1) is 10.2 Å². The van der Waals surface area contributed by atoms with E-state index in [0.29, 0.717) is 30.4 Å². The Morgan fingerprint density at radius 1 is 1.38 bits per heavy atom. The first-order chi connectivity index (χ1) is 10.2. The molecule has 1 aromatic heterocycles. The van der Waals surface area contributed by atoms with Crippen LogP contribution in [0.4, 0.5) is 0 Å². The number of hydrogen-bond donors (Lipinski definition) is 1. The number of carboxylic acid groups (broad SMARTS) is 1. The molecule has 0 spiro atoms. The standard InChI is InChI=1S/C15H17N3O3/c1-2-13-16-17-14(21-13)9-18-7-6-11-10(8-18)4-3-5-12(11)15(19)20/h3-5H,2,6-9H2,1H3,(H,19,20). The van der Waals surface area contributed by atoms with Crippen molar-refractivity contribution in [3.63, 3.8) is 0 Å². The highest BCUT2D eigenvalue weighted by Crippen LogP contribution is 2.23. The predicted octanol–water partition coefficient (Wildman–Crippen LogP) is 1.89. The minimum Gasteiger partial charge on any atom is -0.478 e. The Kier molecular flexibility index (Phi) is 3.70. The summed E-state index contributed by atoms with van der Waals surface area (Å²) in [6, 6.07) is 5.45. The van der Waals surface area contributed by atoms with Crippen LogP contribution in [0.3, 0.4) is 0 Å². The van der Waals surface area contributed by atoms with Crippen molar-refractivity contribution in [2.24, 2.45) is 0 Å². The van der Waals surface area contributed by atoms with Crippen LogP contribution in [-0.2, 0) is 25.9 Å². The molecule has 6 nitrogen and oxygen atoms in total. The second kappa shape index (κ2) is 5.65. The number of aromatic nitrogens is 2. The molecule has 0 saturated carbocycles. The van der Waals surface area contributed by atoms with Gasteiger partial charge in [-0.25, -0.2) is 4.79 Å². The SMILES string of the molecule is CCc1nnc(CN2CCc3c(cccc3C(=O)O)C2)o1. The van der Waals surface area contributed by atoms with Gasteiger partial charge < -0.3 is 9.52 Å². The normalized spacial score (nSPS) is 14.9. The fourth-order valence-electron chi connectivity index (χ4n) is 2.69. The van der Waals surface area contributed by atoms with Crippen LogP contribution in [0.15, 0.2) is 22.6 Å². The van der Waals surface area contributed by atoms with Crippen molar-refractivity contribution in [1.82, 2.24) is 15.1 Å². The van der Waals surface area contributed by atoms with Gasteiger partial charge in [-0.3, -0.25) is 4.90 Å². The average Bonchev–Trinajstić information content (AvgIpc) is 2.94.